The number of cyclic esters (lactones) is 1. The Bertz CT molecular complexity index is 3160. The van der Waals surface area contributed by atoms with Gasteiger partial charge in [-0.2, -0.15) is 0 Å². The maximum absolute atomic E-state index is 15.2. The first-order valence-electron chi connectivity index (χ1n) is 29.1. The second kappa shape index (κ2) is 22.6. The standard InChI is InChI=1S/C63H79FN8O7S/c1-9-70-52-21-18-44-32-48(52)49(56(70)47-12-10-24-65-53(47)40(5)78-8)33-62(6,7)37-79-61(76)50-13-11-25-71(67-50)59(74)51(31-41-28-42(34-64)30-45(44)29-41)66-58(73)54(38(2)3)68-26-22-63(35-68)23-27-69(36-63)60(75)57-55(43-16-17-43)72(57)80(77)46-19-14-39(4)15-20-46/h10,12,14-15,18-21,24,28-30,32,38,40,43,50-51,54-55,57,67H,9,11,13,16-17,22-23,25-27,31,33-37H2,1-8H3,(H,66,73)/t40-,50-,51-,54-,55+,57+,63-,72?,80?/m0/s1. The molecular formula is C63H79FN8O7S. The van der Waals surface area contributed by atoms with Gasteiger partial charge in [-0.15, -0.1) is 4.31 Å². The number of benzene rings is 3. The zero-order chi connectivity index (χ0) is 56.4. The summed E-state index contributed by atoms with van der Waals surface area (Å²) in [6.45, 7) is 17.2. The van der Waals surface area contributed by atoms with Gasteiger partial charge < -0.3 is 28.8 Å². The lowest BCUT2D eigenvalue weighted by molar-refractivity contribution is -0.155. The summed E-state index contributed by atoms with van der Waals surface area (Å²) in [6, 6.07) is 20.9. The van der Waals surface area contributed by atoms with Crippen LogP contribution in [0, 0.1) is 29.6 Å². The third-order valence-corrected chi connectivity index (χ3v) is 19.5. The molecule has 0 radical (unpaired) electrons. The minimum atomic E-state index is -1.42. The lowest BCUT2D eigenvalue weighted by Crippen LogP contribution is -2.62. The summed E-state index contributed by atoms with van der Waals surface area (Å²) in [5, 5.41) is 5.71. The predicted molar refractivity (Wildman–Crippen MR) is 307 cm³/mol. The van der Waals surface area contributed by atoms with Crippen LogP contribution in [0.15, 0.2) is 83.9 Å². The van der Waals surface area contributed by atoms with E-state index in [1.54, 1.807) is 19.4 Å². The molecule has 2 unspecified atom stereocenters. The number of aromatic nitrogens is 2. The smallest absolute Gasteiger partial charge is 0.324 e. The van der Waals surface area contributed by atoms with Crippen molar-refractivity contribution in [2.24, 2.45) is 22.7 Å². The van der Waals surface area contributed by atoms with Crippen molar-refractivity contribution in [2.45, 2.75) is 154 Å². The molecule has 4 saturated heterocycles. The number of rotatable bonds is 13. The van der Waals surface area contributed by atoms with Crippen molar-refractivity contribution in [3.8, 4) is 22.4 Å². The van der Waals surface area contributed by atoms with E-state index in [0.29, 0.717) is 75.6 Å². The van der Waals surface area contributed by atoms with Crippen molar-refractivity contribution in [3.05, 3.63) is 107 Å². The summed E-state index contributed by atoms with van der Waals surface area (Å²) in [5.41, 5.74) is 11.2. The summed E-state index contributed by atoms with van der Waals surface area (Å²) in [5.74, 6) is -0.834. The van der Waals surface area contributed by atoms with E-state index in [4.69, 9.17) is 14.5 Å². The average molecular weight is 1110 g/mol. The molecule has 1 saturated carbocycles. The Morgan fingerprint density at radius 1 is 0.975 bits per heavy atom. The molecule has 1 spiro atoms. The Morgan fingerprint density at radius 3 is 2.48 bits per heavy atom. The minimum Gasteiger partial charge on any atom is -0.593 e. The van der Waals surface area contributed by atoms with Gasteiger partial charge in [0.25, 0.3) is 5.91 Å². The number of nitrogens with zero attached hydrogens (tertiary/aromatic N) is 6. The molecule has 17 heteroatoms. The molecule has 80 heavy (non-hydrogen) atoms. The summed E-state index contributed by atoms with van der Waals surface area (Å²) >= 11 is -1.42. The molecule has 6 bridgehead atoms. The van der Waals surface area contributed by atoms with Crippen LogP contribution >= 0.6 is 0 Å². The number of hydrogen-bond acceptors (Lipinski definition) is 11. The fourth-order valence-corrected chi connectivity index (χ4v) is 15.1. The van der Waals surface area contributed by atoms with Crippen molar-refractivity contribution in [1.29, 1.82) is 0 Å². The van der Waals surface area contributed by atoms with Crippen LogP contribution < -0.4 is 10.7 Å². The van der Waals surface area contributed by atoms with Gasteiger partial charge >= 0.3 is 5.97 Å². The highest BCUT2D eigenvalue weighted by molar-refractivity contribution is 7.89. The Labute approximate surface area is 473 Å². The monoisotopic (exact) mass is 1110 g/mol. The molecule has 9 atom stereocenters. The number of nitrogens with one attached hydrogen (secondary N) is 2. The molecule has 15 nitrogen and oxygen atoms in total. The highest BCUT2D eigenvalue weighted by atomic mass is 32.2. The average Bonchev–Trinajstić information content (AvgIpc) is 4.45. The molecule has 3 amide bonds. The molecule has 11 rings (SSSR count). The maximum Gasteiger partial charge on any atom is 0.324 e. The third-order valence-electron chi connectivity index (χ3n) is 18.0. The first-order chi connectivity index (χ1) is 38.4. The number of hydrogen-bond donors (Lipinski definition) is 2. The van der Waals surface area contributed by atoms with E-state index in [1.807, 2.05) is 79.4 Å². The first kappa shape index (κ1) is 56.2. The topological polar surface area (TPSA) is 164 Å². The van der Waals surface area contributed by atoms with Crippen molar-refractivity contribution in [1.82, 2.24) is 39.4 Å². The fraction of sp³-hybridized carbons (Fsp3) is 0.540. The molecule has 5 aromatic rings. The van der Waals surface area contributed by atoms with Crippen molar-refractivity contribution >= 4 is 46.0 Å². The number of amides is 3. The Hall–Kier alpha value is -5.69. The number of halogens is 1. The largest absolute Gasteiger partial charge is 0.593 e. The summed E-state index contributed by atoms with van der Waals surface area (Å²) in [6.07, 6.45) is 6.82. The van der Waals surface area contributed by atoms with Gasteiger partial charge in [0.2, 0.25) is 11.8 Å². The zero-order valence-corrected chi connectivity index (χ0v) is 48.6. The maximum atomic E-state index is 15.2. The number of carbonyl (C=O) groups excluding carboxylic acids is 4. The van der Waals surface area contributed by atoms with Crippen LogP contribution in [-0.2, 0) is 66.1 Å². The van der Waals surface area contributed by atoms with Crippen molar-refractivity contribution < 1.29 is 37.6 Å². The highest BCUT2D eigenvalue weighted by Crippen LogP contribution is 2.52. The number of alkyl halides is 1. The van der Waals surface area contributed by atoms with Crippen molar-refractivity contribution in [2.75, 3.05) is 46.4 Å². The molecule has 5 aliphatic heterocycles. The van der Waals surface area contributed by atoms with Crippen LogP contribution in [0.3, 0.4) is 0 Å². The first-order valence-corrected chi connectivity index (χ1v) is 30.2. The van der Waals surface area contributed by atoms with Crippen LogP contribution in [0.2, 0.25) is 0 Å². The number of carbonyl (C=O) groups is 4. The van der Waals surface area contributed by atoms with E-state index < -0.39 is 59.5 Å². The van der Waals surface area contributed by atoms with Gasteiger partial charge in [-0.05, 0) is 154 Å². The van der Waals surface area contributed by atoms with Gasteiger partial charge in [0, 0.05) is 79.7 Å². The Morgan fingerprint density at radius 2 is 1.75 bits per heavy atom. The summed E-state index contributed by atoms with van der Waals surface area (Å²) < 4.78 is 45.3. The fourth-order valence-electron chi connectivity index (χ4n) is 13.6. The highest BCUT2D eigenvalue weighted by Gasteiger charge is 2.67. The third kappa shape index (κ3) is 11.1. The van der Waals surface area contributed by atoms with E-state index in [1.165, 1.54) is 5.01 Å². The lowest BCUT2D eigenvalue weighted by Gasteiger charge is -2.37. The SMILES string of the molecule is CCn1c(-c2cccnc2[C@H](C)OC)c2c3cc(ccc31)-c1cc(CF)cc(c1)C[C@H](NC(=O)[C@H](C(C)C)N1CC[C@]3(CCN(C(=O)[C@H]4[C@@H](C5CC5)N4[S+]([O-])c4ccc(C)cc4)C3)C1)C(=O)N1CCC[C@H](N1)C(=O)OCC(C)(C)C2. The molecule has 2 N–H and O–H groups in total. The van der Waals surface area contributed by atoms with E-state index in [2.05, 4.69) is 65.2 Å². The number of esters is 1. The predicted octanol–water partition coefficient (Wildman–Crippen LogP) is 8.66. The molecule has 5 fully saturated rings. The van der Waals surface area contributed by atoms with Gasteiger partial charge in [0.05, 0.1) is 47.5 Å². The Balaban J connectivity index is 0.886. The molecule has 3 aromatic carbocycles. The number of aryl methyl sites for hydroxylation is 2. The Kier molecular flexibility index (Phi) is 15.9. The summed E-state index contributed by atoms with van der Waals surface area (Å²) in [4.78, 5) is 68.5. The number of methoxy groups -OCH3 is 1. The van der Waals surface area contributed by atoms with Gasteiger partial charge in [-0.3, -0.25) is 34.1 Å². The number of fused-ring (bicyclic) bond motifs is 6. The second-order valence-electron chi connectivity index (χ2n) is 24.9. The van der Waals surface area contributed by atoms with Gasteiger partial charge in [-0.25, -0.2) is 9.82 Å². The normalized spacial score (nSPS) is 26.4. The van der Waals surface area contributed by atoms with E-state index in [9.17, 15) is 14.1 Å². The molecule has 2 aromatic heterocycles. The van der Waals surface area contributed by atoms with Crippen LogP contribution in [0.1, 0.15) is 114 Å². The van der Waals surface area contributed by atoms with E-state index in [0.717, 1.165) is 80.7 Å². The number of ether oxygens (including phenoxy) is 2. The molecule has 7 heterocycles. The van der Waals surface area contributed by atoms with Crippen LogP contribution in [0.5, 0.6) is 0 Å². The summed E-state index contributed by atoms with van der Waals surface area (Å²) in [7, 11) is 1.68. The second-order valence-corrected chi connectivity index (χ2v) is 26.3. The zero-order valence-electron chi connectivity index (χ0n) is 47.8. The van der Waals surface area contributed by atoms with Gasteiger partial charge in [0.1, 0.15) is 18.8 Å². The molecule has 6 aliphatic rings. The molecule has 1 aliphatic carbocycles. The van der Waals surface area contributed by atoms with Crippen LogP contribution in [0.4, 0.5) is 4.39 Å². The van der Waals surface area contributed by atoms with Crippen molar-refractivity contribution in [3.63, 3.8) is 0 Å². The number of likely N-dealkylation sites (tertiary alicyclic amines) is 2. The van der Waals surface area contributed by atoms with Crippen LogP contribution in [-0.4, -0.2) is 134 Å². The number of pyridine rings is 1. The van der Waals surface area contributed by atoms with Gasteiger partial charge in [0.15, 0.2) is 10.9 Å². The van der Waals surface area contributed by atoms with Crippen LogP contribution in [0.25, 0.3) is 33.3 Å². The number of hydrazine groups is 1. The van der Waals surface area contributed by atoms with Gasteiger partial charge in [-0.1, -0.05) is 63.6 Å². The lowest BCUT2D eigenvalue weighted by atomic mass is 9.84. The quantitative estimate of drug-likeness (QED) is 0.0659. The minimum absolute atomic E-state index is 0.0117. The molecule has 426 valence electrons. The van der Waals surface area contributed by atoms with E-state index in [-0.39, 0.29) is 48.3 Å². The van der Waals surface area contributed by atoms with E-state index >= 15 is 14.0 Å². The molecular weight excluding hydrogens is 1030 g/mol.